The molecule has 3 heterocycles. The van der Waals surface area contributed by atoms with Gasteiger partial charge in [0.1, 0.15) is 29.2 Å². The van der Waals surface area contributed by atoms with Gasteiger partial charge < -0.3 is 15.2 Å². The van der Waals surface area contributed by atoms with Crippen LogP contribution in [0.3, 0.4) is 0 Å². The number of ether oxygens (including phenoxy) is 1. The number of hydrogen-bond acceptors (Lipinski definition) is 7. The molecule has 1 aliphatic rings. The predicted octanol–water partition coefficient (Wildman–Crippen LogP) is 7.46. The SMILES string of the molecule is Cc1cc(Nc2cc(C(F)F)ccn2)nc(-c2ccc([C@](C)(O)C3(C(=O)OC[N+](C)(C)Cc4ccccc4)CCCCC3)nc2)c1. The van der Waals surface area contributed by atoms with Crippen molar-refractivity contribution in [2.24, 2.45) is 5.41 Å². The first-order chi connectivity index (χ1) is 21.9. The zero-order valence-electron chi connectivity index (χ0n) is 26.8. The van der Waals surface area contributed by atoms with Crippen LogP contribution < -0.4 is 5.32 Å². The standard InChI is InChI=1S/C36H42F2N5O3/c1-25-19-29(41-32(20-25)42-31-21-27(33(37)38)15-18-39-31)28-13-14-30(40-22-28)35(2,45)36(16-9-6-10-17-36)34(44)46-24-43(3,4)23-26-11-7-5-8-12-26/h5,7-8,11-15,18-22,33,45H,6,9-10,16-17,23-24H2,1-4H3,(H,39,41,42)/q+1/t35-/m0/s1. The van der Waals surface area contributed by atoms with Crippen LogP contribution in [-0.2, 0) is 21.7 Å². The summed E-state index contributed by atoms with van der Waals surface area (Å²) in [6, 6.07) is 19.9. The van der Waals surface area contributed by atoms with Crippen LogP contribution in [0.4, 0.5) is 20.4 Å². The van der Waals surface area contributed by atoms with Crippen LogP contribution in [0.1, 0.15) is 67.8 Å². The van der Waals surface area contributed by atoms with Crippen LogP contribution in [0.25, 0.3) is 11.3 Å². The summed E-state index contributed by atoms with van der Waals surface area (Å²) in [5, 5.41) is 15.1. The van der Waals surface area contributed by atoms with Gasteiger partial charge in [-0.3, -0.25) is 14.3 Å². The number of anilines is 2. The van der Waals surface area contributed by atoms with Gasteiger partial charge in [-0.05, 0) is 68.7 Å². The van der Waals surface area contributed by atoms with Crippen LogP contribution in [0, 0.1) is 12.3 Å². The van der Waals surface area contributed by atoms with Crippen LogP contribution in [0.15, 0.2) is 79.1 Å². The lowest BCUT2D eigenvalue weighted by Gasteiger charge is -2.45. The van der Waals surface area contributed by atoms with E-state index >= 15 is 0 Å². The lowest BCUT2D eigenvalue weighted by molar-refractivity contribution is -0.920. The third-order valence-corrected chi connectivity index (χ3v) is 8.85. The number of nitrogens with zero attached hydrogens (tertiary/aromatic N) is 4. The number of aliphatic hydroxyl groups is 1. The molecule has 5 rings (SSSR count). The van der Waals surface area contributed by atoms with Crippen molar-refractivity contribution in [2.75, 3.05) is 26.1 Å². The Kier molecular flexibility index (Phi) is 9.79. The first-order valence-corrected chi connectivity index (χ1v) is 15.6. The van der Waals surface area contributed by atoms with E-state index < -0.39 is 23.4 Å². The Labute approximate surface area is 269 Å². The molecule has 3 aromatic heterocycles. The summed E-state index contributed by atoms with van der Waals surface area (Å²) in [5.41, 5.74) is 0.886. The Morgan fingerprint density at radius 2 is 1.76 bits per heavy atom. The number of esters is 1. The van der Waals surface area contributed by atoms with E-state index in [1.807, 2.05) is 51.4 Å². The number of halogens is 2. The number of carbonyl (C=O) groups is 1. The Morgan fingerprint density at radius 1 is 1.02 bits per heavy atom. The number of rotatable bonds is 11. The van der Waals surface area contributed by atoms with Crippen molar-refractivity contribution in [1.29, 1.82) is 0 Å². The van der Waals surface area contributed by atoms with Crippen molar-refractivity contribution in [3.63, 3.8) is 0 Å². The van der Waals surface area contributed by atoms with Gasteiger partial charge >= 0.3 is 5.97 Å². The zero-order chi connectivity index (χ0) is 33.0. The molecule has 10 heteroatoms. The normalized spacial score (nSPS) is 16.1. The molecule has 0 bridgehead atoms. The highest BCUT2D eigenvalue weighted by Gasteiger charge is 2.56. The van der Waals surface area contributed by atoms with Crippen LogP contribution in [-0.4, -0.2) is 51.3 Å². The summed E-state index contributed by atoms with van der Waals surface area (Å²) in [7, 11) is 4.03. The molecule has 0 aliphatic heterocycles. The Bertz CT molecular complexity index is 1640. The second kappa shape index (κ2) is 13.6. The molecule has 1 atom stereocenters. The maximum atomic E-state index is 13.9. The second-order valence-corrected chi connectivity index (χ2v) is 13.1. The van der Waals surface area contributed by atoms with Crippen molar-refractivity contribution in [1.82, 2.24) is 15.0 Å². The van der Waals surface area contributed by atoms with Gasteiger partial charge in [0.05, 0.1) is 25.5 Å². The summed E-state index contributed by atoms with van der Waals surface area (Å²) < 4.78 is 32.8. The molecule has 0 amide bonds. The molecule has 1 fully saturated rings. The van der Waals surface area contributed by atoms with Crippen molar-refractivity contribution in [3.05, 3.63) is 102 Å². The topological polar surface area (TPSA) is 97.2 Å². The number of aromatic nitrogens is 3. The quantitative estimate of drug-likeness (QED) is 0.101. The van der Waals surface area contributed by atoms with Gasteiger partial charge in [0.15, 0.2) is 0 Å². The van der Waals surface area contributed by atoms with E-state index in [2.05, 4.69) is 32.4 Å². The summed E-state index contributed by atoms with van der Waals surface area (Å²) in [5.74, 6) is 0.309. The number of nitrogens with one attached hydrogen (secondary N) is 1. The second-order valence-electron chi connectivity index (χ2n) is 13.1. The molecule has 0 spiro atoms. The zero-order valence-corrected chi connectivity index (χ0v) is 26.8. The van der Waals surface area contributed by atoms with E-state index in [0.717, 1.165) is 30.4 Å². The summed E-state index contributed by atoms with van der Waals surface area (Å²) in [6.07, 6.45) is 3.97. The fraction of sp³-hybridized carbons (Fsp3) is 0.389. The average molecular weight is 631 g/mol. The van der Waals surface area contributed by atoms with E-state index in [4.69, 9.17) is 4.74 Å². The number of benzene rings is 1. The lowest BCUT2D eigenvalue weighted by atomic mass is 9.62. The number of carbonyl (C=O) groups excluding carboxylic acids is 1. The minimum atomic E-state index is -2.60. The molecule has 242 valence electrons. The molecule has 1 saturated carbocycles. The molecular weight excluding hydrogens is 588 g/mol. The number of hydrogen-bond donors (Lipinski definition) is 2. The van der Waals surface area contributed by atoms with Crippen LogP contribution in [0.2, 0.25) is 0 Å². The molecule has 0 saturated heterocycles. The molecule has 4 aromatic rings. The fourth-order valence-electron chi connectivity index (χ4n) is 6.28. The smallest absolute Gasteiger partial charge is 0.319 e. The van der Waals surface area contributed by atoms with Gasteiger partial charge in [-0.25, -0.2) is 18.7 Å². The molecule has 1 aromatic carbocycles. The van der Waals surface area contributed by atoms with E-state index in [9.17, 15) is 18.7 Å². The fourth-order valence-corrected chi connectivity index (χ4v) is 6.28. The highest BCUT2D eigenvalue weighted by atomic mass is 19.3. The van der Waals surface area contributed by atoms with E-state index in [1.54, 1.807) is 25.3 Å². The largest absolute Gasteiger partial charge is 0.414 e. The Balaban J connectivity index is 1.35. The minimum Gasteiger partial charge on any atom is -0.414 e. The van der Waals surface area contributed by atoms with Gasteiger partial charge in [-0.2, -0.15) is 0 Å². The average Bonchev–Trinajstić information content (AvgIpc) is 3.04. The highest BCUT2D eigenvalue weighted by molar-refractivity contribution is 5.79. The van der Waals surface area contributed by atoms with E-state index in [-0.39, 0.29) is 18.1 Å². The maximum Gasteiger partial charge on any atom is 0.319 e. The predicted molar refractivity (Wildman–Crippen MR) is 173 cm³/mol. The number of alkyl halides is 2. The van der Waals surface area contributed by atoms with E-state index in [1.165, 1.54) is 18.3 Å². The minimum absolute atomic E-state index is 0.133. The van der Waals surface area contributed by atoms with Crippen molar-refractivity contribution >= 4 is 17.6 Å². The summed E-state index contributed by atoms with van der Waals surface area (Å²) >= 11 is 0. The molecule has 0 radical (unpaired) electrons. The third-order valence-electron chi connectivity index (χ3n) is 8.85. The first-order valence-electron chi connectivity index (χ1n) is 15.6. The van der Waals surface area contributed by atoms with Gasteiger partial charge in [0, 0.05) is 29.1 Å². The third kappa shape index (κ3) is 7.40. The van der Waals surface area contributed by atoms with Crippen molar-refractivity contribution in [3.8, 4) is 11.3 Å². The summed E-state index contributed by atoms with van der Waals surface area (Å²) in [6.45, 7) is 4.45. The monoisotopic (exact) mass is 630 g/mol. The van der Waals surface area contributed by atoms with Crippen molar-refractivity contribution in [2.45, 2.75) is 64.5 Å². The first kappa shape index (κ1) is 33.1. The van der Waals surface area contributed by atoms with Crippen LogP contribution in [0.5, 0.6) is 0 Å². The van der Waals surface area contributed by atoms with Gasteiger partial charge in [0.25, 0.3) is 6.43 Å². The summed E-state index contributed by atoms with van der Waals surface area (Å²) in [4.78, 5) is 27.4. The molecule has 46 heavy (non-hydrogen) atoms. The number of pyridine rings is 3. The molecule has 8 nitrogen and oxygen atoms in total. The number of aryl methyl sites for hydroxylation is 1. The highest BCUT2D eigenvalue weighted by Crippen LogP contribution is 2.50. The number of quaternary nitrogens is 1. The molecule has 0 unspecified atom stereocenters. The van der Waals surface area contributed by atoms with Crippen LogP contribution >= 0.6 is 0 Å². The van der Waals surface area contributed by atoms with E-state index in [0.29, 0.717) is 46.6 Å². The van der Waals surface area contributed by atoms with Gasteiger partial charge in [0.2, 0.25) is 6.73 Å². The Hall–Kier alpha value is -4.28. The lowest BCUT2D eigenvalue weighted by Crippen LogP contribution is -2.53. The molecular formula is C36H42F2N5O3+. The molecule has 1 aliphatic carbocycles. The molecule has 2 N–H and O–H groups in total. The Morgan fingerprint density at radius 3 is 2.43 bits per heavy atom. The van der Waals surface area contributed by atoms with Gasteiger partial charge in [-0.15, -0.1) is 0 Å². The maximum absolute atomic E-state index is 13.9. The van der Waals surface area contributed by atoms with Gasteiger partial charge in [-0.1, -0.05) is 49.6 Å². The van der Waals surface area contributed by atoms with Crippen molar-refractivity contribution < 1.29 is 27.9 Å².